The highest BCUT2D eigenvalue weighted by Crippen LogP contribution is 2.07. The number of carbonyl (C=O) groups is 1. The van der Waals surface area contributed by atoms with Crippen LogP contribution in [0.5, 0.6) is 0 Å². The number of amides is 1. The van der Waals surface area contributed by atoms with Crippen molar-refractivity contribution in [3.8, 4) is 0 Å². The fourth-order valence-corrected chi connectivity index (χ4v) is 2.06. The molecular weight excluding hydrogens is 250 g/mol. The summed E-state index contributed by atoms with van der Waals surface area (Å²) >= 11 is 0. The highest BCUT2D eigenvalue weighted by atomic mass is 16.3. The molecule has 0 aliphatic carbocycles. The lowest BCUT2D eigenvalue weighted by Crippen LogP contribution is -2.25. The Kier molecular flexibility index (Phi) is 7.97. The molecule has 1 atom stereocenters. The number of hydrogen-bond acceptors (Lipinski definition) is 2. The van der Waals surface area contributed by atoms with Gasteiger partial charge in [0.05, 0.1) is 0 Å². The zero-order valence-corrected chi connectivity index (χ0v) is 12.7. The molecule has 0 fully saturated rings. The first-order chi connectivity index (χ1) is 9.65. The minimum atomic E-state index is 0.112. The molecule has 1 amide bonds. The Balaban J connectivity index is 2.16. The normalized spacial score (nSPS) is 12.2. The number of benzene rings is 1. The van der Waals surface area contributed by atoms with Crippen molar-refractivity contribution < 1.29 is 9.90 Å². The van der Waals surface area contributed by atoms with Gasteiger partial charge in [-0.2, -0.15) is 0 Å². The summed E-state index contributed by atoms with van der Waals surface area (Å²) in [5.41, 5.74) is 2.54. The van der Waals surface area contributed by atoms with Crippen LogP contribution in [-0.2, 0) is 17.6 Å². The van der Waals surface area contributed by atoms with Crippen LogP contribution in [0.2, 0.25) is 0 Å². The second-order valence-corrected chi connectivity index (χ2v) is 5.45. The Bertz CT molecular complexity index is 386. The Hall–Kier alpha value is -1.35. The standard InChI is InChI=1S/C17H27NO2/c1-3-15-6-8-16(9-7-15)10-11-17(20)18-12-4-5-14(2)13-19/h6-9,14,19H,3-5,10-13H2,1-2H3,(H,18,20). The van der Waals surface area contributed by atoms with Crippen molar-refractivity contribution in [3.63, 3.8) is 0 Å². The largest absolute Gasteiger partial charge is 0.396 e. The van der Waals surface area contributed by atoms with Crippen LogP contribution in [0.15, 0.2) is 24.3 Å². The lowest BCUT2D eigenvalue weighted by Gasteiger charge is -2.08. The molecule has 1 rings (SSSR count). The number of aliphatic hydroxyl groups excluding tert-OH is 1. The van der Waals surface area contributed by atoms with Crippen molar-refractivity contribution in [1.82, 2.24) is 5.32 Å². The van der Waals surface area contributed by atoms with Crippen LogP contribution in [0.25, 0.3) is 0 Å². The van der Waals surface area contributed by atoms with E-state index in [0.29, 0.717) is 18.9 Å². The highest BCUT2D eigenvalue weighted by molar-refractivity contribution is 5.76. The van der Waals surface area contributed by atoms with Crippen molar-refractivity contribution >= 4 is 5.91 Å². The molecule has 2 N–H and O–H groups in total. The zero-order valence-electron chi connectivity index (χ0n) is 12.7. The third-order valence-corrected chi connectivity index (χ3v) is 3.58. The van der Waals surface area contributed by atoms with Gasteiger partial charge >= 0.3 is 0 Å². The summed E-state index contributed by atoms with van der Waals surface area (Å²) in [7, 11) is 0. The fraction of sp³-hybridized carbons (Fsp3) is 0.588. The summed E-state index contributed by atoms with van der Waals surface area (Å²) in [5.74, 6) is 0.435. The van der Waals surface area contributed by atoms with Crippen LogP contribution < -0.4 is 5.32 Å². The van der Waals surface area contributed by atoms with E-state index in [4.69, 9.17) is 5.11 Å². The smallest absolute Gasteiger partial charge is 0.220 e. The summed E-state index contributed by atoms with van der Waals surface area (Å²) in [6, 6.07) is 8.47. The number of aryl methyl sites for hydroxylation is 2. The van der Waals surface area contributed by atoms with E-state index in [0.717, 1.165) is 25.7 Å². The summed E-state index contributed by atoms with van der Waals surface area (Å²) in [4.78, 5) is 11.7. The lowest BCUT2D eigenvalue weighted by molar-refractivity contribution is -0.121. The van der Waals surface area contributed by atoms with Gasteiger partial charge in [0.15, 0.2) is 0 Å². The molecule has 1 aromatic rings. The van der Waals surface area contributed by atoms with Gasteiger partial charge in [0.1, 0.15) is 0 Å². The summed E-state index contributed by atoms with van der Waals surface area (Å²) in [5, 5.41) is 11.8. The van der Waals surface area contributed by atoms with Crippen LogP contribution >= 0.6 is 0 Å². The number of nitrogens with one attached hydrogen (secondary N) is 1. The number of aliphatic hydroxyl groups is 1. The predicted molar refractivity (Wildman–Crippen MR) is 82.6 cm³/mol. The SMILES string of the molecule is CCc1ccc(CCC(=O)NCCCC(C)CO)cc1. The fourth-order valence-electron chi connectivity index (χ4n) is 2.06. The zero-order chi connectivity index (χ0) is 14.8. The number of carbonyl (C=O) groups excluding carboxylic acids is 1. The average Bonchev–Trinajstić information content (AvgIpc) is 2.49. The van der Waals surface area contributed by atoms with E-state index < -0.39 is 0 Å². The van der Waals surface area contributed by atoms with Crippen molar-refractivity contribution in [1.29, 1.82) is 0 Å². The highest BCUT2D eigenvalue weighted by Gasteiger charge is 2.03. The molecule has 0 aliphatic heterocycles. The Morgan fingerprint density at radius 3 is 2.50 bits per heavy atom. The molecule has 112 valence electrons. The summed E-state index contributed by atoms with van der Waals surface area (Å²) in [6.07, 6.45) is 4.27. The molecule has 0 radical (unpaired) electrons. The maximum Gasteiger partial charge on any atom is 0.220 e. The predicted octanol–water partition coefficient (Wildman–Crippen LogP) is 2.71. The Morgan fingerprint density at radius 2 is 1.90 bits per heavy atom. The molecule has 1 aromatic carbocycles. The number of hydrogen-bond donors (Lipinski definition) is 2. The quantitative estimate of drug-likeness (QED) is 0.682. The third kappa shape index (κ3) is 6.71. The first-order valence-corrected chi connectivity index (χ1v) is 7.61. The molecule has 1 unspecified atom stereocenters. The van der Waals surface area contributed by atoms with Crippen molar-refractivity contribution in [2.24, 2.45) is 5.92 Å². The molecule has 0 aromatic heterocycles. The van der Waals surface area contributed by atoms with Crippen molar-refractivity contribution in [3.05, 3.63) is 35.4 Å². The Labute approximate surface area is 122 Å². The van der Waals surface area contributed by atoms with E-state index in [9.17, 15) is 4.79 Å². The summed E-state index contributed by atoms with van der Waals surface area (Å²) < 4.78 is 0. The first kappa shape index (κ1) is 16.7. The van der Waals surface area contributed by atoms with E-state index in [1.165, 1.54) is 11.1 Å². The molecular formula is C17H27NO2. The first-order valence-electron chi connectivity index (χ1n) is 7.61. The van der Waals surface area contributed by atoms with Gasteiger partial charge in [0, 0.05) is 19.6 Å². The van der Waals surface area contributed by atoms with Crippen LogP contribution in [0, 0.1) is 5.92 Å². The van der Waals surface area contributed by atoms with Gasteiger partial charge in [-0.15, -0.1) is 0 Å². The van der Waals surface area contributed by atoms with Gasteiger partial charge < -0.3 is 10.4 Å². The maximum atomic E-state index is 11.7. The van der Waals surface area contributed by atoms with Gasteiger partial charge in [0.2, 0.25) is 5.91 Å². The lowest BCUT2D eigenvalue weighted by atomic mass is 10.1. The van der Waals surface area contributed by atoms with E-state index in [1.54, 1.807) is 0 Å². The van der Waals surface area contributed by atoms with E-state index in [-0.39, 0.29) is 12.5 Å². The molecule has 0 saturated carbocycles. The molecule has 3 heteroatoms. The van der Waals surface area contributed by atoms with Crippen molar-refractivity contribution in [2.75, 3.05) is 13.2 Å². The average molecular weight is 277 g/mol. The molecule has 0 aliphatic rings. The van der Waals surface area contributed by atoms with Crippen LogP contribution in [0.1, 0.15) is 44.2 Å². The van der Waals surface area contributed by atoms with Crippen LogP contribution in [-0.4, -0.2) is 24.2 Å². The van der Waals surface area contributed by atoms with E-state index in [1.807, 2.05) is 6.92 Å². The van der Waals surface area contributed by atoms with Crippen molar-refractivity contribution in [2.45, 2.75) is 46.0 Å². The molecule has 0 spiro atoms. The van der Waals surface area contributed by atoms with Gasteiger partial charge in [-0.25, -0.2) is 0 Å². The minimum absolute atomic E-state index is 0.112. The molecule has 0 bridgehead atoms. The minimum Gasteiger partial charge on any atom is -0.396 e. The Morgan fingerprint density at radius 1 is 1.25 bits per heavy atom. The maximum absolute atomic E-state index is 11.7. The van der Waals surface area contributed by atoms with Gasteiger partial charge in [-0.1, -0.05) is 38.1 Å². The van der Waals surface area contributed by atoms with E-state index in [2.05, 4.69) is 36.5 Å². The van der Waals surface area contributed by atoms with Crippen LogP contribution in [0.3, 0.4) is 0 Å². The van der Waals surface area contributed by atoms with Gasteiger partial charge in [-0.05, 0) is 42.7 Å². The second-order valence-electron chi connectivity index (χ2n) is 5.45. The molecule has 0 heterocycles. The number of rotatable bonds is 9. The van der Waals surface area contributed by atoms with Crippen LogP contribution in [0.4, 0.5) is 0 Å². The summed E-state index contributed by atoms with van der Waals surface area (Å²) in [6.45, 7) is 5.08. The molecule has 20 heavy (non-hydrogen) atoms. The third-order valence-electron chi connectivity index (χ3n) is 3.58. The van der Waals surface area contributed by atoms with E-state index >= 15 is 0 Å². The molecule has 0 saturated heterocycles. The second kappa shape index (κ2) is 9.54. The molecule has 3 nitrogen and oxygen atoms in total. The van der Waals surface area contributed by atoms with Gasteiger partial charge in [-0.3, -0.25) is 4.79 Å². The van der Waals surface area contributed by atoms with Gasteiger partial charge in [0.25, 0.3) is 0 Å². The monoisotopic (exact) mass is 277 g/mol. The topological polar surface area (TPSA) is 49.3 Å².